The van der Waals surface area contributed by atoms with Crippen molar-refractivity contribution in [3.8, 4) is 17.2 Å². The third-order valence-corrected chi connectivity index (χ3v) is 4.03. The molecule has 4 nitrogen and oxygen atoms in total. The molecule has 1 aliphatic heterocycles. The van der Waals surface area contributed by atoms with Crippen LogP contribution in [0.4, 0.5) is 0 Å². The van der Waals surface area contributed by atoms with Gasteiger partial charge in [0.2, 0.25) is 0 Å². The lowest BCUT2D eigenvalue weighted by molar-refractivity contribution is -0.0115. The summed E-state index contributed by atoms with van der Waals surface area (Å²) in [6.45, 7) is 0. The van der Waals surface area contributed by atoms with Crippen LogP contribution in [0.5, 0.6) is 17.2 Å². The lowest BCUT2D eigenvalue weighted by Gasteiger charge is -2.33. The minimum atomic E-state index is -0.143. The van der Waals surface area contributed by atoms with Gasteiger partial charge in [-0.15, -0.1) is 0 Å². The molecule has 22 heavy (non-hydrogen) atoms. The molecule has 0 fully saturated rings. The van der Waals surface area contributed by atoms with Gasteiger partial charge in [-0.3, -0.25) is 0 Å². The normalized spacial score (nSPS) is 20.0. The van der Waals surface area contributed by atoms with Crippen LogP contribution in [-0.2, 0) is 11.2 Å². The highest BCUT2D eigenvalue weighted by atomic mass is 16.5. The number of benzene rings is 2. The van der Waals surface area contributed by atoms with Crippen molar-refractivity contribution in [2.24, 2.45) is 0 Å². The summed E-state index contributed by atoms with van der Waals surface area (Å²) in [5, 5.41) is 0. The molecule has 0 saturated heterocycles. The number of ether oxygens (including phenoxy) is 4. The van der Waals surface area contributed by atoms with Crippen molar-refractivity contribution < 1.29 is 18.9 Å². The van der Waals surface area contributed by atoms with Crippen molar-refractivity contribution in [2.75, 3.05) is 21.3 Å². The molecule has 2 unspecified atom stereocenters. The maximum absolute atomic E-state index is 6.19. The Morgan fingerprint density at radius 2 is 1.59 bits per heavy atom. The largest absolute Gasteiger partial charge is 0.497 e. The molecule has 116 valence electrons. The summed E-state index contributed by atoms with van der Waals surface area (Å²) in [5.74, 6) is 2.48. The van der Waals surface area contributed by atoms with Crippen molar-refractivity contribution in [1.29, 1.82) is 0 Å². The molecule has 3 rings (SSSR count). The van der Waals surface area contributed by atoms with Crippen molar-refractivity contribution in [2.45, 2.75) is 18.6 Å². The molecule has 0 bridgehead atoms. The van der Waals surface area contributed by atoms with Gasteiger partial charge in [0.25, 0.3) is 0 Å². The molecular weight excluding hydrogens is 280 g/mol. The van der Waals surface area contributed by atoms with E-state index in [0.29, 0.717) is 0 Å². The molecule has 0 radical (unpaired) electrons. The van der Waals surface area contributed by atoms with E-state index < -0.39 is 0 Å². The molecule has 0 amide bonds. The van der Waals surface area contributed by atoms with E-state index in [1.54, 1.807) is 21.3 Å². The van der Waals surface area contributed by atoms with Gasteiger partial charge in [-0.2, -0.15) is 0 Å². The van der Waals surface area contributed by atoms with Gasteiger partial charge in [0.15, 0.2) is 6.10 Å². The number of fused-ring (bicyclic) bond motifs is 1. The fourth-order valence-electron chi connectivity index (χ4n) is 2.76. The average molecular weight is 300 g/mol. The first-order valence-corrected chi connectivity index (χ1v) is 7.25. The first-order chi connectivity index (χ1) is 10.7. The maximum Gasteiger partial charge on any atom is 0.150 e. The molecule has 2 atom stereocenters. The average Bonchev–Trinajstić information content (AvgIpc) is 2.60. The molecule has 0 spiro atoms. The van der Waals surface area contributed by atoms with E-state index in [4.69, 9.17) is 18.9 Å². The monoisotopic (exact) mass is 300 g/mol. The van der Waals surface area contributed by atoms with Gasteiger partial charge < -0.3 is 18.9 Å². The van der Waals surface area contributed by atoms with E-state index in [0.717, 1.165) is 34.8 Å². The van der Waals surface area contributed by atoms with Crippen LogP contribution in [0.15, 0.2) is 42.5 Å². The van der Waals surface area contributed by atoms with Gasteiger partial charge in [-0.05, 0) is 29.3 Å². The third-order valence-electron chi connectivity index (χ3n) is 4.03. The highest BCUT2D eigenvalue weighted by Crippen LogP contribution is 2.38. The van der Waals surface area contributed by atoms with E-state index in [-0.39, 0.29) is 12.2 Å². The minimum Gasteiger partial charge on any atom is -0.497 e. The van der Waals surface area contributed by atoms with Crippen LogP contribution in [0.3, 0.4) is 0 Å². The van der Waals surface area contributed by atoms with Crippen LogP contribution in [0.25, 0.3) is 0 Å². The molecule has 1 heterocycles. The Labute approximate surface area is 130 Å². The lowest BCUT2D eigenvalue weighted by atomic mass is 9.94. The molecule has 0 aliphatic carbocycles. The number of rotatable bonds is 4. The number of hydrogen-bond donors (Lipinski definition) is 0. The number of hydrogen-bond acceptors (Lipinski definition) is 4. The maximum atomic E-state index is 6.19. The van der Waals surface area contributed by atoms with Crippen LogP contribution in [-0.4, -0.2) is 27.4 Å². The minimum absolute atomic E-state index is 0.0192. The second-order valence-electron chi connectivity index (χ2n) is 5.26. The Bertz CT molecular complexity index is 636. The zero-order chi connectivity index (χ0) is 15.5. The molecule has 1 aliphatic rings. The lowest BCUT2D eigenvalue weighted by Crippen LogP contribution is -2.32. The quantitative estimate of drug-likeness (QED) is 0.867. The Kier molecular flexibility index (Phi) is 4.20. The predicted molar refractivity (Wildman–Crippen MR) is 83.9 cm³/mol. The Balaban J connectivity index is 1.92. The van der Waals surface area contributed by atoms with E-state index in [2.05, 4.69) is 0 Å². The molecule has 2 aromatic rings. The fourth-order valence-corrected chi connectivity index (χ4v) is 2.76. The summed E-state index contributed by atoms with van der Waals surface area (Å²) in [6, 6.07) is 13.8. The first-order valence-electron chi connectivity index (χ1n) is 7.25. The van der Waals surface area contributed by atoms with Gasteiger partial charge in [0.1, 0.15) is 23.4 Å². The van der Waals surface area contributed by atoms with Gasteiger partial charge in [0.05, 0.1) is 14.2 Å². The van der Waals surface area contributed by atoms with Crippen molar-refractivity contribution >= 4 is 0 Å². The summed E-state index contributed by atoms with van der Waals surface area (Å²) in [4.78, 5) is 0. The standard InChI is InChI=1S/C18H20O4/c1-19-14-7-4-12(5-8-14)18-17(21-3)10-13-6-9-15(20-2)11-16(13)22-18/h4-9,11,17-18H,10H2,1-3H3. The van der Waals surface area contributed by atoms with Gasteiger partial charge in [-0.25, -0.2) is 0 Å². The zero-order valence-electron chi connectivity index (χ0n) is 13.0. The molecular formula is C18H20O4. The Hall–Kier alpha value is -2.20. The van der Waals surface area contributed by atoms with E-state index >= 15 is 0 Å². The zero-order valence-corrected chi connectivity index (χ0v) is 13.0. The smallest absolute Gasteiger partial charge is 0.150 e. The number of methoxy groups -OCH3 is 3. The fraction of sp³-hybridized carbons (Fsp3) is 0.333. The summed E-state index contributed by atoms with van der Waals surface area (Å²) >= 11 is 0. The SMILES string of the molecule is COc1ccc(C2Oc3cc(OC)ccc3CC2OC)cc1. The molecule has 4 heteroatoms. The van der Waals surface area contributed by atoms with Crippen molar-refractivity contribution in [3.63, 3.8) is 0 Å². The second kappa shape index (κ2) is 6.28. The van der Waals surface area contributed by atoms with Crippen LogP contribution in [0, 0.1) is 0 Å². The third kappa shape index (κ3) is 2.74. The van der Waals surface area contributed by atoms with Gasteiger partial charge in [-0.1, -0.05) is 18.2 Å². The summed E-state index contributed by atoms with van der Waals surface area (Å²) in [7, 11) is 5.04. The van der Waals surface area contributed by atoms with E-state index in [9.17, 15) is 0 Å². The molecule has 0 saturated carbocycles. The van der Waals surface area contributed by atoms with Crippen LogP contribution in [0.1, 0.15) is 17.2 Å². The molecule has 0 N–H and O–H groups in total. The van der Waals surface area contributed by atoms with Gasteiger partial charge >= 0.3 is 0 Å². The van der Waals surface area contributed by atoms with Crippen LogP contribution >= 0.6 is 0 Å². The van der Waals surface area contributed by atoms with E-state index in [1.807, 2.05) is 42.5 Å². The van der Waals surface area contributed by atoms with Crippen molar-refractivity contribution in [1.82, 2.24) is 0 Å². The van der Waals surface area contributed by atoms with Gasteiger partial charge in [0, 0.05) is 19.6 Å². The second-order valence-corrected chi connectivity index (χ2v) is 5.26. The first kappa shape index (κ1) is 14.7. The van der Waals surface area contributed by atoms with Crippen LogP contribution < -0.4 is 14.2 Å². The highest BCUT2D eigenvalue weighted by Gasteiger charge is 2.31. The van der Waals surface area contributed by atoms with Crippen LogP contribution in [0.2, 0.25) is 0 Å². The summed E-state index contributed by atoms with van der Waals surface area (Å²) in [6.07, 6.45) is 0.650. The topological polar surface area (TPSA) is 36.9 Å². The Morgan fingerprint density at radius 3 is 2.23 bits per heavy atom. The van der Waals surface area contributed by atoms with Crippen molar-refractivity contribution in [3.05, 3.63) is 53.6 Å². The highest BCUT2D eigenvalue weighted by molar-refractivity contribution is 5.44. The Morgan fingerprint density at radius 1 is 0.909 bits per heavy atom. The van der Waals surface area contributed by atoms with E-state index in [1.165, 1.54) is 0 Å². The molecule has 0 aromatic heterocycles. The molecule has 2 aromatic carbocycles. The summed E-state index contributed by atoms with van der Waals surface area (Å²) in [5.41, 5.74) is 2.21. The summed E-state index contributed by atoms with van der Waals surface area (Å²) < 4.78 is 22.3. The predicted octanol–water partition coefficient (Wildman–Crippen LogP) is 3.40.